The third-order valence-corrected chi connectivity index (χ3v) is 6.22. The Kier molecular flexibility index (Phi) is 4.74. The van der Waals surface area contributed by atoms with Crippen molar-refractivity contribution in [1.82, 2.24) is 19.9 Å². The first-order chi connectivity index (χ1) is 13.8. The summed E-state index contributed by atoms with van der Waals surface area (Å²) >= 11 is 0. The molecule has 0 unspecified atom stereocenters. The van der Waals surface area contributed by atoms with Gasteiger partial charge in [-0.1, -0.05) is 0 Å². The molecule has 5 rings (SSSR count). The standard InChI is InChI=1S/C21H29N7/c1-16-14-19(25-21(24-16)28-8-4-5-9-28)26-10-12-27(13-11-26)20-17-6-2-3-7-18(17)22-15-23-20/h14-15H,2-13H2,1H3. The maximum Gasteiger partial charge on any atom is 0.227 e. The first kappa shape index (κ1) is 17.6. The van der Waals surface area contributed by atoms with E-state index in [4.69, 9.17) is 4.98 Å². The first-order valence-electron chi connectivity index (χ1n) is 10.7. The molecule has 7 heteroatoms. The molecule has 0 radical (unpaired) electrons. The molecule has 0 spiro atoms. The molecule has 3 aliphatic rings. The normalized spacial score (nSPS) is 19.8. The van der Waals surface area contributed by atoms with Crippen LogP contribution in [-0.4, -0.2) is 59.2 Å². The average molecular weight is 380 g/mol. The molecular weight excluding hydrogens is 350 g/mol. The highest BCUT2D eigenvalue weighted by atomic mass is 15.3. The second-order valence-electron chi connectivity index (χ2n) is 8.17. The van der Waals surface area contributed by atoms with Crippen LogP contribution in [0, 0.1) is 6.92 Å². The van der Waals surface area contributed by atoms with Gasteiger partial charge in [0.2, 0.25) is 5.95 Å². The molecular formula is C21H29N7. The molecule has 0 N–H and O–H groups in total. The van der Waals surface area contributed by atoms with Crippen LogP contribution in [0.1, 0.15) is 42.6 Å². The number of anilines is 3. The van der Waals surface area contributed by atoms with Crippen LogP contribution >= 0.6 is 0 Å². The third-order valence-electron chi connectivity index (χ3n) is 6.22. The maximum absolute atomic E-state index is 4.90. The monoisotopic (exact) mass is 379 g/mol. The minimum absolute atomic E-state index is 0.903. The zero-order chi connectivity index (χ0) is 18.9. The fourth-order valence-corrected chi connectivity index (χ4v) is 4.68. The van der Waals surface area contributed by atoms with Crippen LogP contribution in [0.4, 0.5) is 17.6 Å². The van der Waals surface area contributed by atoms with Gasteiger partial charge in [-0.25, -0.2) is 15.0 Å². The van der Waals surface area contributed by atoms with E-state index in [1.807, 2.05) is 0 Å². The van der Waals surface area contributed by atoms with E-state index < -0.39 is 0 Å². The van der Waals surface area contributed by atoms with Crippen molar-refractivity contribution in [2.24, 2.45) is 0 Å². The van der Waals surface area contributed by atoms with Crippen LogP contribution < -0.4 is 14.7 Å². The summed E-state index contributed by atoms with van der Waals surface area (Å²) in [6.45, 7) is 8.12. The summed E-state index contributed by atoms with van der Waals surface area (Å²) in [6.07, 6.45) is 8.97. The predicted molar refractivity (Wildman–Crippen MR) is 111 cm³/mol. The number of rotatable bonds is 3. The molecule has 0 aromatic carbocycles. The van der Waals surface area contributed by atoms with Crippen LogP contribution in [-0.2, 0) is 12.8 Å². The Morgan fingerprint density at radius 2 is 1.50 bits per heavy atom. The molecule has 2 fully saturated rings. The lowest BCUT2D eigenvalue weighted by Crippen LogP contribution is -2.47. The lowest BCUT2D eigenvalue weighted by atomic mass is 9.96. The number of hydrogen-bond donors (Lipinski definition) is 0. The highest BCUT2D eigenvalue weighted by Gasteiger charge is 2.25. The van der Waals surface area contributed by atoms with Crippen LogP contribution in [0.3, 0.4) is 0 Å². The van der Waals surface area contributed by atoms with Crippen molar-refractivity contribution >= 4 is 17.6 Å². The van der Waals surface area contributed by atoms with Gasteiger partial charge in [-0.3, -0.25) is 0 Å². The lowest BCUT2D eigenvalue weighted by Gasteiger charge is -2.37. The molecule has 28 heavy (non-hydrogen) atoms. The molecule has 2 aromatic heterocycles. The van der Waals surface area contributed by atoms with Gasteiger partial charge in [0.25, 0.3) is 0 Å². The zero-order valence-corrected chi connectivity index (χ0v) is 16.8. The molecule has 1 aliphatic carbocycles. The van der Waals surface area contributed by atoms with Crippen molar-refractivity contribution in [1.29, 1.82) is 0 Å². The van der Waals surface area contributed by atoms with Crippen molar-refractivity contribution in [3.63, 3.8) is 0 Å². The van der Waals surface area contributed by atoms with Gasteiger partial charge < -0.3 is 14.7 Å². The van der Waals surface area contributed by atoms with Crippen LogP contribution in [0.25, 0.3) is 0 Å². The van der Waals surface area contributed by atoms with Gasteiger partial charge in [-0.15, -0.1) is 0 Å². The number of aryl methyl sites for hydroxylation is 2. The summed E-state index contributed by atoms with van der Waals surface area (Å²) in [5, 5.41) is 0. The third kappa shape index (κ3) is 3.38. The second kappa shape index (κ2) is 7.53. The van der Waals surface area contributed by atoms with E-state index in [2.05, 4.69) is 42.6 Å². The quantitative estimate of drug-likeness (QED) is 0.811. The fraction of sp³-hybridized carbons (Fsp3) is 0.619. The van der Waals surface area contributed by atoms with Crippen LogP contribution in [0.15, 0.2) is 12.4 Å². The summed E-state index contributed by atoms with van der Waals surface area (Å²) < 4.78 is 0. The lowest BCUT2D eigenvalue weighted by molar-refractivity contribution is 0.619. The van der Waals surface area contributed by atoms with E-state index in [0.717, 1.165) is 69.6 Å². The second-order valence-corrected chi connectivity index (χ2v) is 8.17. The van der Waals surface area contributed by atoms with Gasteiger partial charge in [-0.2, -0.15) is 4.98 Å². The summed E-state index contributed by atoms with van der Waals surface area (Å²) in [6, 6.07) is 2.13. The predicted octanol–water partition coefficient (Wildman–Crippen LogP) is 2.38. The molecule has 7 nitrogen and oxygen atoms in total. The molecule has 0 bridgehead atoms. The Hall–Kier alpha value is -2.44. The molecule has 2 aromatic rings. The number of aromatic nitrogens is 4. The fourth-order valence-electron chi connectivity index (χ4n) is 4.68. The molecule has 148 valence electrons. The van der Waals surface area contributed by atoms with Crippen molar-refractivity contribution in [2.75, 3.05) is 54.0 Å². The van der Waals surface area contributed by atoms with Gasteiger partial charge in [0.05, 0.1) is 0 Å². The Bertz CT molecular complexity index is 839. The number of piperazine rings is 1. The minimum atomic E-state index is 0.903. The summed E-state index contributed by atoms with van der Waals surface area (Å²) in [5.74, 6) is 3.14. The van der Waals surface area contributed by atoms with Gasteiger partial charge in [0.15, 0.2) is 0 Å². The van der Waals surface area contributed by atoms with E-state index in [9.17, 15) is 0 Å². The molecule has 0 amide bonds. The topological polar surface area (TPSA) is 61.3 Å². The van der Waals surface area contributed by atoms with Crippen LogP contribution in [0.5, 0.6) is 0 Å². The van der Waals surface area contributed by atoms with E-state index in [0.29, 0.717) is 0 Å². The van der Waals surface area contributed by atoms with Crippen molar-refractivity contribution < 1.29 is 0 Å². The summed E-state index contributed by atoms with van der Waals surface area (Å²) in [7, 11) is 0. The number of hydrogen-bond acceptors (Lipinski definition) is 7. The van der Waals surface area contributed by atoms with Gasteiger partial charge in [0, 0.05) is 62.3 Å². The Balaban J connectivity index is 1.31. The van der Waals surface area contributed by atoms with E-state index >= 15 is 0 Å². The van der Waals surface area contributed by atoms with Gasteiger partial charge >= 0.3 is 0 Å². The Morgan fingerprint density at radius 1 is 0.750 bits per heavy atom. The smallest absolute Gasteiger partial charge is 0.227 e. The maximum atomic E-state index is 4.90. The van der Waals surface area contributed by atoms with Crippen molar-refractivity contribution in [2.45, 2.75) is 45.4 Å². The first-order valence-corrected chi connectivity index (χ1v) is 10.7. The van der Waals surface area contributed by atoms with E-state index in [1.165, 1.54) is 42.8 Å². The molecule has 4 heterocycles. The Morgan fingerprint density at radius 3 is 2.32 bits per heavy atom. The average Bonchev–Trinajstić information content (AvgIpc) is 3.28. The molecule has 2 aliphatic heterocycles. The zero-order valence-electron chi connectivity index (χ0n) is 16.8. The van der Waals surface area contributed by atoms with Crippen molar-refractivity contribution in [3.05, 3.63) is 29.3 Å². The van der Waals surface area contributed by atoms with Gasteiger partial charge in [0.1, 0.15) is 18.0 Å². The SMILES string of the molecule is Cc1cc(N2CCN(c3ncnc4c3CCCC4)CC2)nc(N2CCCC2)n1. The Labute approximate surface area is 166 Å². The van der Waals surface area contributed by atoms with E-state index in [-0.39, 0.29) is 0 Å². The number of nitrogens with zero attached hydrogens (tertiary/aromatic N) is 7. The largest absolute Gasteiger partial charge is 0.353 e. The highest BCUT2D eigenvalue weighted by Crippen LogP contribution is 2.28. The molecule has 2 saturated heterocycles. The minimum Gasteiger partial charge on any atom is -0.353 e. The van der Waals surface area contributed by atoms with Crippen LogP contribution in [0.2, 0.25) is 0 Å². The molecule has 0 saturated carbocycles. The number of fused-ring (bicyclic) bond motifs is 1. The van der Waals surface area contributed by atoms with Crippen molar-refractivity contribution in [3.8, 4) is 0 Å². The van der Waals surface area contributed by atoms with E-state index in [1.54, 1.807) is 6.33 Å². The van der Waals surface area contributed by atoms with Gasteiger partial charge in [-0.05, 0) is 45.4 Å². The summed E-state index contributed by atoms with van der Waals surface area (Å²) in [5.41, 5.74) is 3.70. The highest BCUT2D eigenvalue weighted by molar-refractivity contribution is 5.53. The molecule has 0 atom stereocenters. The summed E-state index contributed by atoms with van der Waals surface area (Å²) in [4.78, 5) is 25.9.